The highest BCUT2D eigenvalue weighted by atomic mass is 19.4. The Balaban J connectivity index is 3.13. The second-order valence-electron chi connectivity index (χ2n) is 2.36. The van der Waals surface area contributed by atoms with Gasteiger partial charge in [0, 0.05) is 6.20 Å². The summed E-state index contributed by atoms with van der Waals surface area (Å²) in [5.74, 6) is -0.727. The molecule has 14 heavy (non-hydrogen) atoms. The summed E-state index contributed by atoms with van der Waals surface area (Å²) in [4.78, 5) is 12.7. The van der Waals surface area contributed by atoms with Gasteiger partial charge in [0.25, 0.3) is 5.56 Å². The van der Waals surface area contributed by atoms with Crippen molar-refractivity contribution in [3.05, 3.63) is 16.6 Å². The Morgan fingerprint density at radius 1 is 1.29 bits per heavy atom. The maximum absolute atomic E-state index is 11.7. The first-order valence-electron chi connectivity index (χ1n) is 3.33. The molecule has 0 saturated heterocycles. The number of rotatable bonds is 1. The third-order valence-electron chi connectivity index (χ3n) is 1.36. The van der Waals surface area contributed by atoms with Crippen molar-refractivity contribution in [1.29, 1.82) is 0 Å². The Kier molecular flexibility index (Phi) is 2.28. The molecule has 0 spiro atoms. The van der Waals surface area contributed by atoms with Gasteiger partial charge in [-0.05, 0) is 0 Å². The summed E-state index contributed by atoms with van der Waals surface area (Å²) in [6.07, 6.45) is -4.18. The standard InChI is InChI=1S/C6H6F3N3O2/c7-6(8,9)14-2-1-12-5(13)4(11)3(2)10/h1H,11H2,(H3,10,12,13). The molecule has 0 saturated carbocycles. The molecule has 1 rings (SSSR count). The molecule has 0 aliphatic rings. The number of nitrogens with two attached hydrogens (primary N) is 2. The second kappa shape index (κ2) is 3.13. The van der Waals surface area contributed by atoms with E-state index in [9.17, 15) is 18.0 Å². The van der Waals surface area contributed by atoms with Crippen molar-refractivity contribution >= 4 is 11.4 Å². The van der Waals surface area contributed by atoms with Crippen LogP contribution in [0.15, 0.2) is 11.0 Å². The average Bonchev–Trinajstić information content (AvgIpc) is 2.04. The molecule has 0 radical (unpaired) electrons. The minimum Gasteiger partial charge on any atom is -0.402 e. The van der Waals surface area contributed by atoms with Crippen molar-refractivity contribution in [2.24, 2.45) is 0 Å². The minimum absolute atomic E-state index is 0.508. The molecule has 5 nitrogen and oxygen atoms in total. The van der Waals surface area contributed by atoms with Crippen LogP contribution < -0.4 is 21.8 Å². The number of aromatic amines is 1. The Morgan fingerprint density at radius 3 is 2.36 bits per heavy atom. The lowest BCUT2D eigenvalue weighted by Gasteiger charge is -2.11. The minimum atomic E-state index is -4.88. The summed E-state index contributed by atoms with van der Waals surface area (Å²) in [5.41, 5.74) is 8.40. The summed E-state index contributed by atoms with van der Waals surface area (Å²) >= 11 is 0. The fourth-order valence-electron chi connectivity index (χ4n) is 0.751. The van der Waals surface area contributed by atoms with Crippen LogP contribution in [0.3, 0.4) is 0 Å². The van der Waals surface area contributed by atoms with Gasteiger partial charge < -0.3 is 21.2 Å². The molecule has 0 amide bonds. The zero-order valence-corrected chi connectivity index (χ0v) is 6.68. The lowest BCUT2D eigenvalue weighted by atomic mass is 10.3. The van der Waals surface area contributed by atoms with Crippen LogP contribution in [0.5, 0.6) is 5.75 Å². The van der Waals surface area contributed by atoms with Crippen molar-refractivity contribution in [3.63, 3.8) is 0 Å². The van der Waals surface area contributed by atoms with E-state index in [1.807, 2.05) is 4.98 Å². The van der Waals surface area contributed by atoms with Crippen LogP contribution in [0.2, 0.25) is 0 Å². The number of pyridine rings is 1. The van der Waals surface area contributed by atoms with Gasteiger partial charge in [-0.3, -0.25) is 4.79 Å². The summed E-state index contributed by atoms with van der Waals surface area (Å²) in [5, 5.41) is 0. The molecule has 1 aromatic heterocycles. The highest BCUT2D eigenvalue weighted by Gasteiger charge is 2.32. The maximum atomic E-state index is 11.7. The number of ether oxygens (including phenoxy) is 1. The van der Waals surface area contributed by atoms with Gasteiger partial charge in [0.05, 0.1) is 0 Å². The van der Waals surface area contributed by atoms with Gasteiger partial charge in [-0.25, -0.2) is 0 Å². The van der Waals surface area contributed by atoms with Crippen LogP contribution in [0.25, 0.3) is 0 Å². The summed E-state index contributed by atoms with van der Waals surface area (Å²) in [6, 6.07) is 0. The monoisotopic (exact) mass is 209 g/mol. The van der Waals surface area contributed by atoms with E-state index in [0.29, 0.717) is 6.20 Å². The van der Waals surface area contributed by atoms with Crippen LogP contribution in [-0.4, -0.2) is 11.3 Å². The molecule has 0 atom stereocenters. The molecule has 0 fully saturated rings. The fourth-order valence-corrected chi connectivity index (χ4v) is 0.751. The number of hydrogen-bond donors (Lipinski definition) is 3. The highest BCUT2D eigenvalue weighted by Crippen LogP contribution is 2.28. The van der Waals surface area contributed by atoms with E-state index in [2.05, 4.69) is 4.74 Å². The predicted octanol–water partition coefficient (Wildman–Crippen LogP) is 0.438. The number of aromatic nitrogens is 1. The third-order valence-corrected chi connectivity index (χ3v) is 1.36. The molecule has 0 aliphatic heterocycles. The molecule has 5 N–H and O–H groups in total. The number of alkyl halides is 3. The first-order valence-corrected chi connectivity index (χ1v) is 3.33. The van der Waals surface area contributed by atoms with E-state index in [1.54, 1.807) is 0 Å². The fraction of sp³-hybridized carbons (Fsp3) is 0.167. The van der Waals surface area contributed by atoms with E-state index in [4.69, 9.17) is 11.5 Å². The van der Waals surface area contributed by atoms with Crippen molar-refractivity contribution in [2.75, 3.05) is 11.5 Å². The normalized spacial score (nSPS) is 11.4. The summed E-state index contributed by atoms with van der Waals surface area (Å²) in [6.45, 7) is 0. The molecule has 0 bridgehead atoms. The number of halogens is 3. The molecule has 0 aromatic carbocycles. The molecule has 1 heterocycles. The third kappa shape index (κ3) is 2.09. The van der Waals surface area contributed by atoms with E-state index < -0.39 is 29.0 Å². The Bertz CT molecular complexity index is 398. The second-order valence-corrected chi connectivity index (χ2v) is 2.36. The van der Waals surface area contributed by atoms with Crippen LogP contribution >= 0.6 is 0 Å². The van der Waals surface area contributed by atoms with Crippen molar-refractivity contribution in [3.8, 4) is 5.75 Å². The van der Waals surface area contributed by atoms with Crippen molar-refractivity contribution in [1.82, 2.24) is 4.98 Å². The molecule has 1 aromatic rings. The number of nitrogens with one attached hydrogen (secondary N) is 1. The molecular formula is C6H6F3N3O2. The summed E-state index contributed by atoms with van der Waals surface area (Å²) in [7, 11) is 0. The van der Waals surface area contributed by atoms with E-state index >= 15 is 0 Å². The first-order chi connectivity index (χ1) is 6.31. The van der Waals surface area contributed by atoms with Gasteiger partial charge in [-0.15, -0.1) is 13.2 Å². The van der Waals surface area contributed by atoms with Gasteiger partial charge in [-0.2, -0.15) is 0 Å². The smallest absolute Gasteiger partial charge is 0.402 e. The topological polar surface area (TPSA) is 94.1 Å². The van der Waals surface area contributed by atoms with Crippen molar-refractivity contribution < 1.29 is 17.9 Å². The number of H-pyrrole nitrogens is 1. The predicted molar refractivity (Wildman–Crippen MR) is 42.6 cm³/mol. The van der Waals surface area contributed by atoms with Crippen LogP contribution in [0.1, 0.15) is 0 Å². The first kappa shape index (κ1) is 10.2. The quantitative estimate of drug-likeness (QED) is 0.625. The zero-order chi connectivity index (χ0) is 10.9. The lowest BCUT2D eigenvalue weighted by molar-refractivity contribution is -0.274. The van der Waals surface area contributed by atoms with Gasteiger partial charge >= 0.3 is 6.36 Å². The molecule has 0 unspecified atom stereocenters. The number of nitrogen functional groups attached to an aromatic ring is 2. The van der Waals surface area contributed by atoms with Crippen LogP contribution in [0.4, 0.5) is 24.5 Å². The lowest BCUT2D eigenvalue weighted by Crippen LogP contribution is -2.21. The number of hydrogen-bond acceptors (Lipinski definition) is 4. The Labute approximate surface area is 75.5 Å². The SMILES string of the molecule is Nc1c(OC(F)(F)F)c[nH]c(=O)c1N. The molecule has 8 heteroatoms. The number of anilines is 2. The maximum Gasteiger partial charge on any atom is 0.573 e. The van der Waals surface area contributed by atoms with Crippen molar-refractivity contribution in [2.45, 2.75) is 6.36 Å². The van der Waals surface area contributed by atoms with E-state index in [0.717, 1.165) is 0 Å². The van der Waals surface area contributed by atoms with Crippen LogP contribution in [-0.2, 0) is 0 Å². The molecular weight excluding hydrogens is 203 g/mol. The van der Waals surface area contributed by atoms with E-state index in [-0.39, 0.29) is 0 Å². The molecule has 78 valence electrons. The van der Waals surface area contributed by atoms with Crippen LogP contribution in [0, 0.1) is 0 Å². The van der Waals surface area contributed by atoms with E-state index in [1.165, 1.54) is 0 Å². The average molecular weight is 209 g/mol. The molecule has 0 aliphatic carbocycles. The summed E-state index contributed by atoms with van der Waals surface area (Å²) < 4.78 is 38.7. The van der Waals surface area contributed by atoms with Gasteiger partial charge in [0.15, 0.2) is 5.75 Å². The van der Waals surface area contributed by atoms with Gasteiger partial charge in [0.2, 0.25) is 0 Å². The Hall–Kier alpha value is -1.86. The largest absolute Gasteiger partial charge is 0.573 e. The van der Waals surface area contributed by atoms with Gasteiger partial charge in [-0.1, -0.05) is 0 Å². The zero-order valence-electron chi connectivity index (χ0n) is 6.68. The highest BCUT2D eigenvalue weighted by molar-refractivity contribution is 5.68. The van der Waals surface area contributed by atoms with Gasteiger partial charge in [0.1, 0.15) is 11.4 Å². The Morgan fingerprint density at radius 2 is 1.86 bits per heavy atom.